The van der Waals surface area contributed by atoms with Crippen LogP contribution in [0.4, 0.5) is 18.9 Å². The Labute approximate surface area is 164 Å². The predicted molar refractivity (Wildman–Crippen MR) is 96.4 cm³/mol. The van der Waals surface area contributed by atoms with Crippen molar-refractivity contribution in [2.45, 2.75) is 19.3 Å². The zero-order valence-electron chi connectivity index (χ0n) is 18.6. The molecule has 0 heterocycles. The number of rotatable bonds is 5. The second-order valence-electron chi connectivity index (χ2n) is 5.90. The van der Waals surface area contributed by atoms with Gasteiger partial charge in [-0.25, -0.2) is 18.7 Å². The van der Waals surface area contributed by atoms with E-state index in [0.717, 1.165) is 0 Å². The van der Waals surface area contributed by atoms with Gasteiger partial charge in [-0.2, -0.15) is 0 Å². The number of halogens is 3. The summed E-state index contributed by atoms with van der Waals surface area (Å²) in [7, 11) is 1.22. The van der Waals surface area contributed by atoms with Crippen LogP contribution in [0.5, 0.6) is 0 Å². The van der Waals surface area contributed by atoms with E-state index in [4.69, 9.17) is 5.48 Å². The Morgan fingerprint density at radius 1 is 1.04 bits per heavy atom. The fourth-order valence-electron chi connectivity index (χ4n) is 2.89. The molecule has 2 amide bonds. The number of hydrogen-bond acceptors (Lipinski definition) is 3. The second kappa shape index (κ2) is 8.26. The first-order valence-corrected chi connectivity index (χ1v) is 8.20. The molecule has 0 bridgehead atoms. The van der Waals surface area contributed by atoms with E-state index < -0.39 is 70.2 Å². The summed E-state index contributed by atoms with van der Waals surface area (Å²) >= 11 is 0. The lowest BCUT2D eigenvalue weighted by molar-refractivity contribution is -0.127. The highest BCUT2D eigenvalue weighted by Gasteiger charge is 2.27. The molecule has 5 nitrogen and oxygen atoms in total. The molecular formula is C20H17F3N2O3. The molecule has 8 heteroatoms. The lowest BCUT2D eigenvalue weighted by Gasteiger charge is -2.12. The van der Waals surface area contributed by atoms with Gasteiger partial charge in [0.05, 0.1) is 12.6 Å². The van der Waals surface area contributed by atoms with E-state index in [1.54, 1.807) is 0 Å². The molecule has 2 aromatic rings. The summed E-state index contributed by atoms with van der Waals surface area (Å²) in [6.45, 7) is 0. The zero-order chi connectivity index (χ0) is 23.7. The van der Waals surface area contributed by atoms with Crippen molar-refractivity contribution in [1.82, 2.24) is 5.48 Å². The van der Waals surface area contributed by atoms with Crippen molar-refractivity contribution < 1.29 is 33.1 Å². The van der Waals surface area contributed by atoms with Gasteiger partial charge in [-0.15, -0.1) is 0 Å². The molecule has 2 N–H and O–H groups in total. The average Bonchev–Trinajstić information content (AvgIpc) is 3.24. The first-order valence-electron chi connectivity index (χ1n) is 10.2. The van der Waals surface area contributed by atoms with Gasteiger partial charge >= 0.3 is 0 Å². The molecule has 0 atom stereocenters. The number of amides is 2. The first-order chi connectivity index (χ1) is 15.1. The van der Waals surface area contributed by atoms with E-state index in [0.29, 0.717) is 18.6 Å². The van der Waals surface area contributed by atoms with Gasteiger partial charge in [0, 0.05) is 11.1 Å². The van der Waals surface area contributed by atoms with Gasteiger partial charge in [0.25, 0.3) is 11.8 Å². The van der Waals surface area contributed by atoms with Gasteiger partial charge in [0.15, 0.2) is 0 Å². The second-order valence-corrected chi connectivity index (χ2v) is 5.90. The number of anilines is 1. The van der Waals surface area contributed by atoms with Crippen LogP contribution in [-0.2, 0) is 14.4 Å². The number of benzene rings is 2. The number of carbonyl (C=O) groups excluding carboxylic acids is 2. The molecule has 0 aromatic heterocycles. The molecule has 1 aliphatic carbocycles. The Morgan fingerprint density at radius 3 is 2.32 bits per heavy atom. The van der Waals surface area contributed by atoms with Crippen molar-refractivity contribution in [3.8, 4) is 11.1 Å². The van der Waals surface area contributed by atoms with Crippen LogP contribution >= 0.6 is 0 Å². The zero-order valence-corrected chi connectivity index (χ0v) is 14.6. The predicted octanol–water partition coefficient (Wildman–Crippen LogP) is 3.87. The van der Waals surface area contributed by atoms with Crippen molar-refractivity contribution >= 4 is 17.5 Å². The lowest BCUT2D eigenvalue weighted by atomic mass is 10.0. The van der Waals surface area contributed by atoms with Gasteiger partial charge in [-0.1, -0.05) is 12.1 Å². The molecule has 0 fully saturated rings. The van der Waals surface area contributed by atoms with Crippen LogP contribution in [-0.4, -0.2) is 18.9 Å². The molecule has 2 aromatic carbocycles. The number of carbonyl (C=O) groups is 2. The molecule has 0 aliphatic heterocycles. The minimum atomic E-state index is -1.39. The summed E-state index contributed by atoms with van der Waals surface area (Å²) < 4.78 is 74.0. The topological polar surface area (TPSA) is 67.4 Å². The van der Waals surface area contributed by atoms with Crippen LogP contribution in [0.3, 0.4) is 0 Å². The molecule has 0 saturated carbocycles. The van der Waals surface area contributed by atoms with E-state index in [1.807, 2.05) is 0 Å². The van der Waals surface area contributed by atoms with E-state index in [2.05, 4.69) is 15.6 Å². The molecule has 1 aliphatic rings. The van der Waals surface area contributed by atoms with Crippen molar-refractivity contribution in [1.29, 1.82) is 0 Å². The SMILES string of the molecule is [2H]c1c([2H])c(F)c([2H])c(-c2cc(F)c(NC(=O)C3=C(C(=O)NOC)CCC3)c(F)c2)c1[2H]. The van der Waals surface area contributed by atoms with Crippen molar-refractivity contribution in [2.24, 2.45) is 0 Å². The highest BCUT2D eigenvalue weighted by Crippen LogP contribution is 2.31. The van der Waals surface area contributed by atoms with Crippen LogP contribution < -0.4 is 10.8 Å². The quantitative estimate of drug-likeness (QED) is 0.757. The Morgan fingerprint density at radius 2 is 1.68 bits per heavy atom. The van der Waals surface area contributed by atoms with Gasteiger partial charge in [0.1, 0.15) is 23.1 Å². The van der Waals surface area contributed by atoms with Crippen LogP contribution in [0.2, 0.25) is 0 Å². The minimum Gasteiger partial charge on any atom is -0.317 e. The smallest absolute Gasteiger partial charge is 0.271 e. The third-order valence-electron chi connectivity index (χ3n) is 4.12. The third-order valence-corrected chi connectivity index (χ3v) is 4.12. The largest absolute Gasteiger partial charge is 0.317 e. The number of nitrogens with one attached hydrogen (secondary N) is 2. The Kier molecular flexibility index (Phi) is 4.39. The van der Waals surface area contributed by atoms with Crippen molar-refractivity contribution in [3.05, 3.63) is 64.9 Å². The monoisotopic (exact) mass is 394 g/mol. The Hall–Kier alpha value is -3.13. The fraction of sp³-hybridized carbons (Fsp3) is 0.200. The highest BCUT2D eigenvalue weighted by atomic mass is 19.1. The fourth-order valence-corrected chi connectivity index (χ4v) is 2.89. The molecule has 28 heavy (non-hydrogen) atoms. The number of hydrogen-bond donors (Lipinski definition) is 2. The first kappa shape index (κ1) is 14.9. The van der Waals surface area contributed by atoms with Crippen LogP contribution in [0, 0.1) is 17.5 Å². The van der Waals surface area contributed by atoms with E-state index >= 15 is 0 Å². The summed E-state index contributed by atoms with van der Waals surface area (Å²) in [6, 6.07) is -2.10. The Balaban J connectivity index is 1.99. The van der Waals surface area contributed by atoms with E-state index in [1.165, 1.54) is 7.11 Å². The van der Waals surface area contributed by atoms with Gasteiger partial charge in [0.2, 0.25) is 0 Å². The standard InChI is InChI=1S/C20H17F3N2O3/c1-28-25-20(27)15-7-3-6-14(15)19(26)24-18-16(22)9-12(10-17(18)23)11-4-2-5-13(21)8-11/h2,4-5,8-10H,3,6-7H2,1H3,(H,24,26)(H,25,27)/i2D,4D,5D,8D. The molecule has 3 rings (SSSR count). The molecule has 146 valence electrons. The highest BCUT2D eigenvalue weighted by molar-refractivity contribution is 6.10. The van der Waals surface area contributed by atoms with Crippen LogP contribution in [0.25, 0.3) is 11.1 Å². The Bertz CT molecular complexity index is 1120. The number of hydroxylamine groups is 1. The molecular weight excluding hydrogens is 373 g/mol. The molecule has 0 unspecified atom stereocenters. The maximum absolute atomic E-state index is 14.7. The van der Waals surface area contributed by atoms with Gasteiger partial charge < -0.3 is 5.32 Å². The minimum absolute atomic E-state index is 0.0521. The molecule has 0 spiro atoms. The summed E-state index contributed by atoms with van der Waals surface area (Å²) in [4.78, 5) is 29.1. The maximum atomic E-state index is 14.7. The average molecular weight is 394 g/mol. The van der Waals surface area contributed by atoms with Crippen LogP contribution in [0.15, 0.2) is 47.4 Å². The third kappa shape index (κ3) is 4.07. The summed E-state index contributed by atoms with van der Waals surface area (Å²) in [5, 5.41) is 2.08. The van der Waals surface area contributed by atoms with Crippen molar-refractivity contribution in [3.63, 3.8) is 0 Å². The van der Waals surface area contributed by atoms with E-state index in [-0.39, 0.29) is 24.0 Å². The maximum Gasteiger partial charge on any atom is 0.271 e. The van der Waals surface area contributed by atoms with Crippen molar-refractivity contribution in [2.75, 3.05) is 12.4 Å². The summed E-state index contributed by atoms with van der Waals surface area (Å²) in [6.07, 6.45) is 0.993. The van der Waals surface area contributed by atoms with Gasteiger partial charge in [-0.3, -0.25) is 14.4 Å². The lowest BCUT2D eigenvalue weighted by Crippen LogP contribution is -2.26. The summed E-state index contributed by atoms with van der Waals surface area (Å²) in [5.74, 6) is -5.45. The van der Waals surface area contributed by atoms with Crippen LogP contribution in [0.1, 0.15) is 24.7 Å². The molecule has 0 radical (unpaired) electrons. The van der Waals surface area contributed by atoms with E-state index in [9.17, 15) is 22.8 Å². The molecule has 0 saturated heterocycles. The summed E-state index contributed by atoms with van der Waals surface area (Å²) in [5.41, 5.74) is 0.485. The van der Waals surface area contributed by atoms with Gasteiger partial charge in [-0.05, 0) is 54.6 Å². The normalized spacial score (nSPS) is 15.6.